The molecule has 1 fully saturated rings. The van der Waals surface area contributed by atoms with Crippen molar-refractivity contribution in [2.75, 3.05) is 33.1 Å². The topological polar surface area (TPSA) is 114 Å². The zero-order valence-electron chi connectivity index (χ0n) is 30.0. The van der Waals surface area contributed by atoms with E-state index >= 15 is 0 Å². The van der Waals surface area contributed by atoms with Gasteiger partial charge in [-0.15, -0.1) is 11.3 Å². The molecule has 0 radical (unpaired) electrons. The predicted octanol–water partition coefficient (Wildman–Crippen LogP) is 7.38. The number of aliphatic hydroxyl groups is 1. The molecule has 1 saturated heterocycles. The van der Waals surface area contributed by atoms with Crippen molar-refractivity contribution in [3.8, 4) is 28.3 Å². The number of carbonyl (C=O) groups excluding carboxylic acids is 2. The van der Waals surface area contributed by atoms with E-state index in [1.165, 1.54) is 41.9 Å². The molecule has 1 aliphatic heterocycles. The molecule has 4 aromatic rings. The first-order valence-electron chi connectivity index (χ1n) is 17.7. The van der Waals surface area contributed by atoms with Gasteiger partial charge in [-0.2, -0.15) is 0 Å². The monoisotopic (exact) mass is 716 g/mol. The normalized spacial score (nSPS) is 14.5. The van der Waals surface area contributed by atoms with Crippen LogP contribution in [0.15, 0.2) is 73.1 Å². The van der Waals surface area contributed by atoms with Crippen molar-refractivity contribution in [1.82, 2.24) is 20.2 Å². The number of thiophene rings is 1. The maximum absolute atomic E-state index is 14.9. The zero-order valence-corrected chi connectivity index (χ0v) is 30.8. The van der Waals surface area contributed by atoms with Crippen LogP contribution in [0.3, 0.4) is 0 Å². The zero-order chi connectivity index (χ0) is 36.4. The highest BCUT2D eigenvalue weighted by molar-refractivity contribution is 7.14. The van der Waals surface area contributed by atoms with Gasteiger partial charge in [-0.1, -0.05) is 89.8 Å². The first-order valence-corrected chi connectivity index (χ1v) is 18.5. The molecule has 1 aliphatic rings. The van der Waals surface area contributed by atoms with Crippen molar-refractivity contribution in [3.05, 3.63) is 88.4 Å². The van der Waals surface area contributed by atoms with Gasteiger partial charge in [0.05, 0.1) is 31.2 Å². The first-order chi connectivity index (χ1) is 24.5. The molecule has 3 heterocycles. The summed E-state index contributed by atoms with van der Waals surface area (Å²) in [6.45, 7) is 7.93. The van der Waals surface area contributed by atoms with Gasteiger partial charge in [0.2, 0.25) is 5.91 Å². The molecular weight excluding hydrogens is 668 g/mol. The van der Waals surface area contributed by atoms with Crippen LogP contribution < -0.4 is 10.1 Å². The van der Waals surface area contributed by atoms with Gasteiger partial charge in [-0.3, -0.25) is 9.59 Å². The minimum atomic E-state index is -1.73. The molecule has 2 amide bonds. The lowest BCUT2D eigenvalue weighted by Crippen LogP contribution is -2.66. The lowest BCUT2D eigenvalue weighted by atomic mass is 9.94. The Morgan fingerprint density at radius 2 is 1.61 bits per heavy atom. The largest absolute Gasteiger partial charge is 0.494 e. The molecule has 1 atom stereocenters. The SMILES string of the molecule is CCCCCCCOc1ccc(-c2cnc(-c3ccc(C[C@H](NC(=O)c4ccc(C(C)(C)C)s4)C(=O)N4CC(F)(COCO)C4)cc3)nc2)cc1. The van der Waals surface area contributed by atoms with Crippen LogP contribution in [0.4, 0.5) is 4.39 Å². The number of benzene rings is 2. The molecule has 0 saturated carbocycles. The van der Waals surface area contributed by atoms with Gasteiger partial charge in [0.25, 0.3) is 5.91 Å². The predicted molar refractivity (Wildman–Crippen MR) is 199 cm³/mol. The number of carbonyl (C=O) groups is 2. The summed E-state index contributed by atoms with van der Waals surface area (Å²) in [5.41, 5.74) is 1.67. The third-order valence-electron chi connectivity index (χ3n) is 8.89. The Balaban J connectivity index is 1.22. The lowest BCUT2D eigenvalue weighted by molar-refractivity contribution is -0.157. The summed E-state index contributed by atoms with van der Waals surface area (Å²) in [7, 11) is 0. The van der Waals surface area contributed by atoms with Crippen LogP contribution >= 0.6 is 11.3 Å². The van der Waals surface area contributed by atoms with Crippen molar-refractivity contribution in [1.29, 1.82) is 0 Å². The first kappa shape index (κ1) is 38.1. The Bertz CT molecular complexity index is 1720. The molecule has 2 aromatic heterocycles. The van der Waals surface area contributed by atoms with Crippen molar-refractivity contribution in [2.24, 2.45) is 0 Å². The standard InChI is InChI=1S/C40H49FN4O5S/c1-5-6-7-8-9-20-50-32-16-14-29(15-17-32)31-22-42-36(43-23-31)30-12-10-28(11-13-30)21-33(38(48)45-24-40(41,25-45)26-49-27-46)44-37(47)34-18-19-35(51-34)39(2,3)4/h10-19,22-23,33,46H,5-9,20-21,24-27H2,1-4H3,(H,44,47)/t33-/m0/s1. The van der Waals surface area contributed by atoms with Crippen LogP contribution in [-0.2, 0) is 21.4 Å². The minimum absolute atomic E-state index is 0.114. The highest BCUT2D eigenvalue weighted by atomic mass is 32.1. The fourth-order valence-corrected chi connectivity index (χ4v) is 6.88. The van der Waals surface area contributed by atoms with Gasteiger partial charge in [0, 0.05) is 34.8 Å². The van der Waals surface area contributed by atoms with Crippen molar-refractivity contribution < 1.29 is 28.6 Å². The van der Waals surface area contributed by atoms with Gasteiger partial charge in [-0.25, -0.2) is 14.4 Å². The van der Waals surface area contributed by atoms with E-state index in [1.54, 1.807) is 18.5 Å². The third-order valence-corrected chi connectivity index (χ3v) is 10.4. The summed E-state index contributed by atoms with van der Waals surface area (Å²) in [6.07, 6.45) is 9.81. The second-order valence-corrected chi connectivity index (χ2v) is 15.3. The second-order valence-electron chi connectivity index (χ2n) is 14.2. The molecule has 2 aromatic carbocycles. The average Bonchev–Trinajstić information content (AvgIpc) is 3.63. The number of unbranched alkanes of at least 4 members (excludes halogenated alkanes) is 4. The number of aliphatic hydroxyl groups excluding tert-OH is 1. The van der Waals surface area contributed by atoms with Crippen molar-refractivity contribution >= 4 is 23.2 Å². The van der Waals surface area contributed by atoms with Crippen LogP contribution in [-0.4, -0.2) is 76.6 Å². The quantitative estimate of drug-likeness (QED) is 0.0867. The van der Waals surface area contributed by atoms with Gasteiger partial charge in [0.15, 0.2) is 11.5 Å². The summed E-state index contributed by atoms with van der Waals surface area (Å²) in [4.78, 5) is 39.1. The number of hydrogen-bond acceptors (Lipinski definition) is 8. The summed E-state index contributed by atoms with van der Waals surface area (Å²) in [6, 6.07) is 18.3. The number of ether oxygens (including phenoxy) is 2. The third kappa shape index (κ3) is 10.4. The van der Waals surface area contributed by atoms with Crippen molar-refractivity contribution in [3.63, 3.8) is 0 Å². The minimum Gasteiger partial charge on any atom is -0.494 e. The molecular formula is C40H49FN4O5S. The molecule has 0 spiro atoms. The van der Waals surface area contributed by atoms with Crippen LogP contribution in [0.5, 0.6) is 5.75 Å². The molecule has 51 heavy (non-hydrogen) atoms. The molecule has 9 nitrogen and oxygen atoms in total. The Hall–Kier alpha value is -4.19. The van der Waals surface area contributed by atoms with Crippen LogP contribution in [0.1, 0.15) is 79.9 Å². The summed E-state index contributed by atoms with van der Waals surface area (Å²) >= 11 is 1.39. The van der Waals surface area contributed by atoms with Gasteiger partial charge < -0.3 is 24.8 Å². The molecule has 2 N–H and O–H groups in total. The van der Waals surface area contributed by atoms with Crippen LogP contribution in [0.2, 0.25) is 0 Å². The van der Waals surface area contributed by atoms with Crippen LogP contribution in [0.25, 0.3) is 22.5 Å². The fourth-order valence-electron chi connectivity index (χ4n) is 5.92. The Morgan fingerprint density at radius 3 is 2.24 bits per heavy atom. The Kier molecular flexibility index (Phi) is 12.9. The molecule has 0 bridgehead atoms. The maximum Gasteiger partial charge on any atom is 0.262 e. The number of halogens is 1. The average molecular weight is 717 g/mol. The molecule has 5 rings (SSSR count). The number of nitrogens with zero attached hydrogens (tertiary/aromatic N) is 3. The highest BCUT2D eigenvalue weighted by Crippen LogP contribution is 2.31. The molecule has 0 unspecified atom stereocenters. The van der Waals surface area contributed by atoms with E-state index < -0.39 is 18.5 Å². The maximum atomic E-state index is 14.9. The van der Waals surface area contributed by atoms with Gasteiger partial charge in [-0.05, 0) is 47.2 Å². The Morgan fingerprint density at radius 1 is 0.941 bits per heavy atom. The molecule has 272 valence electrons. The van der Waals surface area contributed by atoms with Gasteiger partial charge in [0.1, 0.15) is 18.6 Å². The number of hydrogen-bond donors (Lipinski definition) is 2. The lowest BCUT2D eigenvalue weighted by Gasteiger charge is -2.45. The summed E-state index contributed by atoms with van der Waals surface area (Å²) in [5.74, 6) is 0.684. The van der Waals surface area contributed by atoms with E-state index in [2.05, 4.69) is 43.0 Å². The molecule has 0 aliphatic carbocycles. The van der Waals surface area contributed by atoms with E-state index in [-0.39, 0.29) is 43.3 Å². The molecule has 11 heteroatoms. The number of alkyl halides is 1. The van der Waals surface area contributed by atoms with E-state index in [9.17, 15) is 14.0 Å². The van der Waals surface area contributed by atoms with Crippen molar-refractivity contribution in [2.45, 2.75) is 83.3 Å². The second kappa shape index (κ2) is 17.4. The smallest absolute Gasteiger partial charge is 0.262 e. The van der Waals surface area contributed by atoms with E-state index in [4.69, 9.17) is 14.6 Å². The van der Waals surface area contributed by atoms with Gasteiger partial charge >= 0.3 is 0 Å². The summed E-state index contributed by atoms with van der Waals surface area (Å²) < 4.78 is 25.7. The van der Waals surface area contributed by atoms with E-state index in [1.807, 2.05) is 54.6 Å². The highest BCUT2D eigenvalue weighted by Gasteiger charge is 2.47. The number of nitrogens with one attached hydrogen (secondary N) is 1. The van der Waals surface area contributed by atoms with Crippen LogP contribution in [0, 0.1) is 0 Å². The number of aromatic nitrogens is 2. The van der Waals surface area contributed by atoms with E-state index in [0.717, 1.165) is 45.9 Å². The number of rotatable bonds is 17. The number of likely N-dealkylation sites (tertiary alicyclic amines) is 1. The summed E-state index contributed by atoms with van der Waals surface area (Å²) in [5, 5.41) is 11.8. The number of amides is 2. The van der Waals surface area contributed by atoms with E-state index in [0.29, 0.717) is 10.7 Å². The Labute approximate surface area is 304 Å². The fraction of sp³-hybridized carbons (Fsp3) is 0.450.